The lowest BCUT2D eigenvalue weighted by Crippen LogP contribution is -2.20. The molecule has 0 aliphatic heterocycles. The first-order valence-corrected chi connectivity index (χ1v) is 7.57. The molecule has 0 atom stereocenters. The molecule has 122 valence electrons. The third-order valence-corrected chi connectivity index (χ3v) is 3.15. The van der Waals surface area contributed by atoms with Crippen LogP contribution in [-0.4, -0.2) is 25.0 Å². The second-order valence-corrected chi connectivity index (χ2v) is 6.56. The van der Waals surface area contributed by atoms with Gasteiger partial charge < -0.3 is 15.8 Å². The van der Waals surface area contributed by atoms with Gasteiger partial charge in [-0.05, 0) is 42.5 Å². The number of amides is 1. The van der Waals surface area contributed by atoms with E-state index >= 15 is 0 Å². The van der Waals surface area contributed by atoms with E-state index in [9.17, 15) is 9.59 Å². The number of nitrogens with two attached hydrogens (primary N) is 1. The second kappa shape index (κ2) is 8.41. The number of benzene rings is 1. The minimum atomic E-state index is -0.665. The van der Waals surface area contributed by atoms with Crippen molar-refractivity contribution in [2.45, 2.75) is 40.0 Å². The number of hydrogen-bond acceptors (Lipinski definition) is 4. The Bertz CT molecular complexity index is 490. The SMILES string of the molecule is CC(C)(C)CCCCNc1ccc(C(=O)OCC(N)=O)cc1. The molecular formula is C17H26N2O3. The van der Waals surface area contributed by atoms with Crippen molar-refractivity contribution >= 4 is 17.6 Å². The molecular weight excluding hydrogens is 280 g/mol. The molecule has 5 heteroatoms. The number of nitrogens with one attached hydrogen (secondary N) is 1. The number of carbonyl (C=O) groups is 2. The molecule has 0 fully saturated rings. The number of carbonyl (C=O) groups excluding carboxylic acids is 2. The van der Waals surface area contributed by atoms with Crippen molar-refractivity contribution in [2.24, 2.45) is 11.1 Å². The van der Waals surface area contributed by atoms with Crippen LogP contribution in [0.4, 0.5) is 5.69 Å². The Labute approximate surface area is 132 Å². The van der Waals surface area contributed by atoms with E-state index in [1.165, 1.54) is 12.8 Å². The van der Waals surface area contributed by atoms with Crippen molar-refractivity contribution in [2.75, 3.05) is 18.5 Å². The van der Waals surface area contributed by atoms with Crippen LogP contribution in [0.15, 0.2) is 24.3 Å². The summed E-state index contributed by atoms with van der Waals surface area (Å²) in [5, 5.41) is 3.32. The van der Waals surface area contributed by atoms with E-state index in [2.05, 4.69) is 26.1 Å². The molecule has 5 nitrogen and oxygen atoms in total. The Hall–Kier alpha value is -2.04. The summed E-state index contributed by atoms with van der Waals surface area (Å²) in [7, 11) is 0. The van der Waals surface area contributed by atoms with E-state index in [1.807, 2.05) is 12.1 Å². The maximum absolute atomic E-state index is 11.6. The van der Waals surface area contributed by atoms with E-state index in [0.29, 0.717) is 11.0 Å². The lowest BCUT2D eigenvalue weighted by atomic mass is 9.90. The van der Waals surface area contributed by atoms with E-state index in [-0.39, 0.29) is 0 Å². The molecule has 1 aromatic carbocycles. The van der Waals surface area contributed by atoms with E-state index in [1.54, 1.807) is 12.1 Å². The molecule has 0 saturated carbocycles. The quantitative estimate of drug-likeness (QED) is 0.571. The predicted molar refractivity (Wildman–Crippen MR) is 87.7 cm³/mol. The van der Waals surface area contributed by atoms with Gasteiger partial charge in [-0.15, -0.1) is 0 Å². The fourth-order valence-corrected chi connectivity index (χ4v) is 1.96. The zero-order chi connectivity index (χ0) is 16.6. The summed E-state index contributed by atoms with van der Waals surface area (Å²) < 4.78 is 4.74. The summed E-state index contributed by atoms with van der Waals surface area (Å²) in [4.78, 5) is 22.2. The third kappa shape index (κ3) is 7.67. The highest BCUT2D eigenvalue weighted by molar-refractivity contribution is 5.91. The number of ether oxygens (including phenoxy) is 1. The summed E-state index contributed by atoms with van der Waals surface area (Å²) in [6.45, 7) is 7.25. The molecule has 0 saturated heterocycles. The van der Waals surface area contributed by atoms with Gasteiger partial charge in [0.25, 0.3) is 5.91 Å². The van der Waals surface area contributed by atoms with Crippen LogP contribution in [-0.2, 0) is 9.53 Å². The van der Waals surface area contributed by atoms with Gasteiger partial charge >= 0.3 is 5.97 Å². The number of anilines is 1. The standard InChI is InChI=1S/C17H26N2O3/c1-17(2,3)10-4-5-11-19-14-8-6-13(7-9-14)16(21)22-12-15(18)20/h6-9,19H,4-5,10-12H2,1-3H3,(H2,18,20). The fraction of sp³-hybridized carbons (Fsp3) is 0.529. The molecule has 0 heterocycles. The van der Waals surface area contributed by atoms with Crippen LogP contribution < -0.4 is 11.1 Å². The molecule has 0 aliphatic rings. The van der Waals surface area contributed by atoms with Crippen LogP contribution in [0.1, 0.15) is 50.4 Å². The first kappa shape index (κ1) is 18.0. The van der Waals surface area contributed by atoms with Gasteiger partial charge in [0.15, 0.2) is 6.61 Å². The third-order valence-electron chi connectivity index (χ3n) is 3.15. The van der Waals surface area contributed by atoms with Crippen molar-refractivity contribution in [1.29, 1.82) is 0 Å². The Kier molecular flexibility index (Phi) is 6.89. The highest BCUT2D eigenvalue weighted by Gasteiger charge is 2.09. The first-order chi connectivity index (χ1) is 10.3. The van der Waals surface area contributed by atoms with Crippen LogP contribution in [0, 0.1) is 5.41 Å². The zero-order valence-electron chi connectivity index (χ0n) is 13.6. The number of esters is 1. The minimum Gasteiger partial charge on any atom is -0.452 e. The largest absolute Gasteiger partial charge is 0.452 e. The van der Waals surface area contributed by atoms with Crippen LogP contribution in [0.2, 0.25) is 0 Å². The molecule has 0 aromatic heterocycles. The Morgan fingerprint density at radius 2 is 1.77 bits per heavy atom. The lowest BCUT2D eigenvalue weighted by molar-refractivity contribution is -0.121. The van der Waals surface area contributed by atoms with Crippen LogP contribution in [0.5, 0.6) is 0 Å². The van der Waals surface area contributed by atoms with Crippen molar-refractivity contribution in [3.63, 3.8) is 0 Å². The van der Waals surface area contributed by atoms with Gasteiger partial charge in [-0.1, -0.05) is 27.2 Å². The maximum atomic E-state index is 11.6. The van der Waals surface area contributed by atoms with Gasteiger partial charge in [-0.25, -0.2) is 4.79 Å². The first-order valence-electron chi connectivity index (χ1n) is 7.57. The average Bonchev–Trinajstić information content (AvgIpc) is 2.44. The van der Waals surface area contributed by atoms with E-state index in [0.717, 1.165) is 18.7 Å². The number of rotatable bonds is 8. The maximum Gasteiger partial charge on any atom is 0.338 e. The molecule has 1 aromatic rings. The Balaban J connectivity index is 2.32. The van der Waals surface area contributed by atoms with Crippen LogP contribution in [0.3, 0.4) is 0 Å². The highest BCUT2D eigenvalue weighted by Crippen LogP contribution is 2.21. The van der Waals surface area contributed by atoms with E-state index < -0.39 is 18.5 Å². The summed E-state index contributed by atoms with van der Waals surface area (Å²) in [5.74, 6) is -1.21. The molecule has 0 spiro atoms. The highest BCUT2D eigenvalue weighted by atomic mass is 16.5. The molecule has 22 heavy (non-hydrogen) atoms. The number of primary amides is 1. The average molecular weight is 306 g/mol. The molecule has 1 rings (SSSR count). The lowest BCUT2D eigenvalue weighted by Gasteiger charge is -2.17. The summed E-state index contributed by atoms with van der Waals surface area (Å²) >= 11 is 0. The van der Waals surface area contributed by atoms with Gasteiger partial charge in [0.05, 0.1) is 5.56 Å². The van der Waals surface area contributed by atoms with Crippen molar-refractivity contribution in [1.82, 2.24) is 0 Å². The van der Waals surface area contributed by atoms with Gasteiger partial charge in [-0.3, -0.25) is 4.79 Å². The van der Waals surface area contributed by atoms with Crippen LogP contribution >= 0.6 is 0 Å². The van der Waals surface area contributed by atoms with Gasteiger partial charge in [0, 0.05) is 12.2 Å². The van der Waals surface area contributed by atoms with E-state index in [4.69, 9.17) is 10.5 Å². The van der Waals surface area contributed by atoms with Crippen molar-refractivity contribution < 1.29 is 14.3 Å². The molecule has 1 amide bonds. The van der Waals surface area contributed by atoms with Gasteiger partial charge in [0.2, 0.25) is 0 Å². The number of hydrogen-bond donors (Lipinski definition) is 2. The summed E-state index contributed by atoms with van der Waals surface area (Å²) in [5.41, 5.74) is 6.67. The molecule has 0 radical (unpaired) electrons. The summed E-state index contributed by atoms with van der Waals surface area (Å²) in [6.07, 6.45) is 3.51. The van der Waals surface area contributed by atoms with Gasteiger partial charge in [0.1, 0.15) is 0 Å². The van der Waals surface area contributed by atoms with Crippen LogP contribution in [0.25, 0.3) is 0 Å². The molecule has 0 bridgehead atoms. The predicted octanol–water partition coefficient (Wildman–Crippen LogP) is 2.96. The Morgan fingerprint density at radius 1 is 1.14 bits per heavy atom. The second-order valence-electron chi connectivity index (χ2n) is 6.56. The molecule has 0 unspecified atom stereocenters. The minimum absolute atomic E-state index is 0.382. The van der Waals surface area contributed by atoms with Gasteiger partial charge in [-0.2, -0.15) is 0 Å². The summed E-state index contributed by atoms with van der Waals surface area (Å²) in [6, 6.07) is 6.98. The fourth-order valence-electron chi connectivity index (χ4n) is 1.96. The smallest absolute Gasteiger partial charge is 0.338 e. The normalized spacial score (nSPS) is 11.0. The number of unbranched alkanes of at least 4 members (excludes halogenated alkanes) is 1. The monoisotopic (exact) mass is 306 g/mol. The zero-order valence-corrected chi connectivity index (χ0v) is 13.6. The molecule has 3 N–H and O–H groups in total. The topological polar surface area (TPSA) is 81.4 Å². The van der Waals surface area contributed by atoms with Crippen molar-refractivity contribution in [3.8, 4) is 0 Å². The molecule has 0 aliphatic carbocycles. The Morgan fingerprint density at radius 3 is 2.32 bits per heavy atom. The van der Waals surface area contributed by atoms with Crippen molar-refractivity contribution in [3.05, 3.63) is 29.8 Å².